The number of hydrogen-bond acceptors (Lipinski definition) is 4. The fourth-order valence-corrected chi connectivity index (χ4v) is 2.42. The van der Waals surface area contributed by atoms with Crippen LogP contribution in [0.2, 0.25) is 0 Å². The zero-order chi connectivity index (χ0) is 13.2. The SMILES string of the molecule is N=C(N)n1nc(-c2ccncc2)c2c1NCCCC2. The van der Waals surface area contributed by atoms with Crippen molar-refractivity contribution in [3.63, 3.8) is 0 Å². The predicted octanol–water partition coefficient (Wildman–Crippen LogP) is 1.43. The van der Waals surface area contributed by atoms with Crippen LogP contribution in [0.25, 0.3) is 11.3 Å². The van der Waals surface area contributed by atoms with Crippen LogP contribution in [0.15, 0.2) is 24.5 Å². The minimum Gasteiger partial charge on any atom is -0.370 e. The predicted molar refractivity (Wildman–Crippen MR) is 74.2 cm³/mol. The Hall–Kier alpha value is -2.37. The summed E-state index contributed by atoms with van der Waals surface area (Å²) in [6, 6.07) is 3.86. The number of nitrogens with one attached hydrogen (secondary N) is 2. The maximum atomic E-state index is 7.65. The molecule has 98 valence electrons. The highest BCUT2D eigenvalue weighted by Crippen LogP contribution is 2.31. The van der Waals surface area contributed by atoms with Crippen LogP contribution in [0.3, 0.4) is 0 Å². The molecular formula is C13H16N6. The fourth-order valence-electron chi connectivity index (χ4n) is 2.42. The average molecular weight is 256 g/mol. The second-order valence-electron chi connectivity index (χ2n) is 4.59. The van der Waals surface area contributed by atoms with Gasteiger partial charge in [0.1, 0.15) is 5.82 Å². The lowest BCUT2D eigenvalue weighted by atomic mass is 10.0. The molecule has 6 nitrogen and oxygen atoms in total. The largest absolute Gasteiger partial charge is 0.370 e. The van der Waals surface area contributed by atoms with Crippen LogP contribution >= 0.6 is 0 Å². The van der Waals surface area contributed by atoms with Gasteiger partial charge in [0.25, 0.3) is 0 Å². The van der Waals surface area contributed by atoms with Gasteiger partial charge in [-0.05, 0) is 31.4 Å². The molecule has 6 heteroatoms. The molecule has 0 bridgehead atoms. The van der Waals surface area contributed by atoms with E-state index in [2.05, 4.69) is 15.4 Å². The summed E-state index contributed by atoms with van der Waals surface area (Å²) in [6.07, 6.45) is 6.68. The molecular weight excluding hydrogens is 240 g/mol. The Labute approximate surface area is 111 Å². The molecule has 0 saturated heterocycles. The molecule has 0 saturated carbocycles. The lowest BCUT2D eigenvalue weighted by molar-refractivity contribution is 0.781. The lowest BCUT2D eigenvalue weighted by Crippen LogP contribution is -2.24. The molecule has 0 spiro atoms. The number of aromatic nitrogens is 3. The summed E-state index contributed by atoms with van der Waals surface area (Å²) in [5.41, 5.74) is 8.65. The number of nitrogens with zero attached hydrogens (tertiary/aromatic N) is 3. The van der Waals surface area contributed by atoms with E-state index >= 15 is 0 Å². The van der Waals surface area contributed by atoms with Crippen molar-refractivity contribution in [1.82, 2.24) is 14.8 Å². The molecule has 0 aromatic carbocycles. The van der Waals surface area contributed by atoms with Gasteiger partial charge in [0.2, 0.25) is 5.96 Å². The van der Waals surface area contributed by atoms with Crippen LogP contribution in [0.4, 0.5) is 5.82 Å². The first-order valence-electron chi connectivity index (χ1n) is 6.38. The van der Waals surface area contributed by atoms with Gasteiger partial charge < -0.3 is 11.1 Å². The summed E-state index contributed by atoms with van der Waals surface area (Å²) < 4.78 is 1.48. The highest BCUT2D eigenvalue weighted by Gasteiger charge is 2.21. The van der Waals surface area contributed by atoms with E-state index in [0.717, 1.165) is 48.4 Å². The van der Waals surface area contributed by atoms with E-state index in [4.69, 9.17) is 11.1 Å². The van der Waals surface area contributed by atoms with E-state index in [0.29, 0.717) is 0 Å². The molecule has 19 heavy (non-hydrogen) atoms. The van der Waals surface area contributed by atoms with E-state index in [1.54, 1.807) is 12.4 Å². The second-order valence-corrected chi connectivity index (χ2v) is 4.59. The van der Waals surface area contributed by atoms with Crippen molar-refractivity contribution in [1.29, 1.82) is 5.41 Å². The Morgan fingerprint density at radius 3 is 2.84 bits per heavy atom. The number of rotatable bonds is 1. The first-order valence-corrected chi connectivity index (χ1v) is 6.38. The first-order chi connectivity index (χ1) is 9.27. The zero-order valence-corrected chi connectivity index (χ0v) is 10.6. The molecule has 0 amide bonds. The summed E-state index contributed by atoms with van der Waals surface area (Å²) in [5.74, 6) is 0.794. The first kappa shape index (κ1) is 11.7. The molecule has 1 aliphatic heterocycles. The van der Waals surface area contributed by atoms with Crippen LogP contribution in [-0.2, 0) is 6.42 Å². The van der Waals surface area contributed by atoms with Gasteiger partial charge in [0, 0.05) is 30.1 Å². The molecule has 0 radical (unpaired) electrons. The van der Waals surface area contributed by atoms with Crippen molar-refractivity contribution < 1.29 is 0 Å². The third-order valence-electron chi connectivity index (χ3n) is 3.31. The van der Waals surface area contributed by atoms with Gasteiger partial charge in [-0.1, -0.05) is 0 Å². The quantitative estimate of drug-likeness (QED) is 0.531. The van der Waals surface area contributed by atoms with E-state index in [9.17, 15) is 0 Å². The molecule has 2 aromatic heterocycles. The van der Waals surface area contributed by atoms with E-state index < -0.39 is 0 Å². The van der Waals surface area contributed by atoms with Crippen LogP contribution < -0.4 is 11.1 Å². The molecule has 3 heterocycles. The third kappa shape index (κ3) is 2.05. The molecule has 2 aromatic rings. The number of anilines is 1. The number of fused-ring (bicyclic) bond motifs is 1. The van der Waals surface area contributed by atoms with E-state index in [1.807, 2.05) is 12.1 Å². The number of nitrogen functional groups attached to an aromatic ring is 1. The Bertz CT molecular complexity index is 601. The number of pyridine rings is 1. The van der Waals surface area contributed by atoms with Gasteiger partial charge in [0.15, 0.2) is 0 Å². The average Bonchev–Trinajstić information content (AvgIpc) is 2.62. The maximum Gasteiger partial charge on any atom is 0.215 e. The Morgan fingerprint density at radius 2 is 2.11 bits per heavy atom. The van der Waals surface area contributed by atoms with Crippen molar-refractivity contribution in [3.8, 4) is 11.3 Å². The van der Waals surface area contributed by atoms with Crippen LogP contribution in [0.5, 0.6) is 0 Å². The summed E-state index contributed by atoms with van der Waals surface area (Å²) >= 11 is 0. The van der Waals surface area contributed by atoms with Crippen LogP contribution in [0, 0.1) is 5.41 Å². The van der Waals surface area contributed by atoms with Gasteiger partial charge in [0.05, 0.1) is 5.69 Å². The number of nitrogens with two attached hydrogens (primary N) is 1. The highest BCUT2D eigenvalue weighted by atomic mass is 15.4. The third-order valence-corrected chi connectivity index (χ3v) is 3.31. The molecule has 1 aliphatic rings. The molecule has 4 N–H and O–H groups in total. The smallest absolute Gasteiger partial charge is 0.215 e. The minimum atomic E-state index is -0.0639. The van der Waals surface area contributed by atoms with Crippen molar-refractivity contribution in [2.24, 2.45) is 5.73 Å². The zero-order valence-electron chi connectivity index (χ0n) is 10.6. The van der Waals surface area contributed by atoms with E-state index in [1.165, 1.54) is 4.68 Å². The summed E-state index contributed by atoms with van der Waals surface area (Å²) in [5, 5.41) is 15.5. The lowest BCUT2D eigenvalue weighted by Gasteiger charge is -2.06. The van der Waals surface area contributed by atoms with Crippen molar-refractivity contribution in [3.05, 3.63) is 30.1 Å². The Kier molecular flexibility index (Phi) is 2.91. The minimum absolute atomic E-state index is 0.0639. The maximum absolute atomic E-state index is 7.65. The van der Waals surface area contributed by atoms with Gasteiger partial charge >= 0.3 is 0 Å². The fraction of sp³-hybridized carbons (Fsp3) is 0.308. The van der Waals surface area contributed by atoms with E-state index in [-0.39, 0.29) is 5.96 Å². The summed E-state index contributed by atoms with van der Waals surface area (Å²) in [6.45, 7) is 0.891. The van der Waals surface area contributed by atoms with Crippen LogP contribution in [0.1, 0.15) is 18.4 Å². The summed E-state index contributed by atoms with van der Waals surface area (Å²) in [4.78, 5) is 4.03. The standard InChI is InChI=1S/C13H16N6/c14-13(15)19-12-10(3-1-2-6-17-12)11(18-19)9-4-7-16-8-5-9/h4-5,7-8,17H,1-3,6H2,(H3,14,15). The highest BCUT2D eigenvalue weighted by molar-refractivity contribution is 5.83. The van der Waals surface area contributed by atoms with Crippen molar-refractivity contribution >= 4 is 11.8 Å². The van der Waals surface area contributed by atoms with Gasteiger partial charge in [-0.15, -0.1) is 0 Å². The summed E-state index contributed by atoms with van der Waals surface area (Å²) in [7, 11) is 0. The molecule has 0 unspecified atom stereocenters. The topological polar surface area (TPSA) is 92.6 Å². The Morgan fingerprint density at radius 1 is 1.32 bits per heavy atom. The molecule has 3 rings (SSSR count). The van der Waals surface area contributed by atoms with Gasteiger partial charge in [-0.3, -0.25) is 10.4 Å². The Balaban J connectivity index is 2.17. The van der Waals surface area contributed by atoms with Crippen molar-refractivity contribution in [2.45, 2.75) is 19.3 Å². The van der Waals surface area contributed by atoms with Crippen molar-refractivity contribution in [2.75, 3.05) is 11.9 Å². The second kappa shape index (κ2) is 4.72. The molecule has 0 aliphatic carbocycles. The monoisotopic (exact) mass is 256 g/mol. The normalized spacial score (nSPS) is 14.3. The van der Waals surface area contributed by atoms with Gasteiger partial charge in [-0.2, -0.15) is 9.78 Å². The molecule has 0 atom stereocenters. The van der Waals surface area contributed by atoms with Gasteiger partial charge in [-0.25, -0.2) is 0 Å². The van der Waals surface area contributed by atoms with Crippen LogP contribution in [-0.4, -0.2) is 27.3 Å². The number of hydrogen-bond donors (Lipinski definition) is 3. The molecule has 0 fully saturated rings.